The lowest BCUT2D eigenvalue weighted by Crippen LogP contribution is -2.29. The van der Waals surface area contributed by atoms with E-state index >= 15 is 0 Å². The molecule has 0 N–H and O–H groups in total. The Morgan fingerprint density at radius 2 is 1.68 bits per heavy atom. The van der Waals surface area contributed by atoms with Gasteiger partial charge in [0.1, 0.15) is 0 Å². The van der Waals surface area contributed by atoms with Crippen LogP contribution in [0.15, 0.2) is 30.3 Å². The number of hydrogen-bond donors (Lipinski definition) is 0. The summed E-state index contributed by atoms with van der Waals surface area (Å²) in [7, 11) is 0. The summed E-state index contributed by atoms with van der Waals surface area (Å²) in [6.07, 6.45) is 3.00. The zero-order valence-corrected chi connectivity index (χ0v) is 16.2. The summed E-state index contributed by atoms with van der Waals surface area (Å²) in [5.41, 5.74) is 0.753. The predicted octanol–water partition coefficient (Wildman–Crippen LogP) is 4.51. The summed E-state index contributed by atoms with van der Waals surface area (Å²) in [6, 6.07) is 10.3. The zero-order valence-electron chi connectivity index (χ0n) is 16.2. The lowest BCUT2D eigenvalue weighted by molar-refractivity contribution is -0.180. The highest BCUT2D eigenvalue weighted by Gasteiger charge is 2.45. The zero-order chi connectivity index (χ0) is 18.5. The smallest absolute Gasteiger partial charge is 0.311 e. The molecule has 0 bridgehead atoms. The Bertz CT molecular complexity index is 543. The van der Waals surface area contributed by atoms with E-state index in [2.05, 4.69) is 26.0 Å². The molecule has 0 unspecified atom stereocenters. The predicted molar refractivity (Wildman–Crippen MR) is 98.2 cm³/mol. The number of carbonyl (C=O) groups excluding carboxylic acids is 1. The normalized spacial score (nSPS) is 22.8. The largest absolute Gasteiger partial charge is 0.465 e. The van der Waals surface area contributed by atoms with E-state index in [9.17, 15) is 4.79 Å². The van der Waals surface area contributed by atoms with E-state index in [0.29, 0.717) is 13.0 Å². The van der Waals surface area contributed by atoms with Crippen molar-refractivity contribution in [3.63, 3.8) is 0 Å². The van der Waals surface area contributed by atoms with Crippen LogP contribution in [0.25, 0.3) is 0 Å². The quantitative estimate of drug-likeness (QED) is 0.680. The van der Waals surface area contributed by atoms with Gasteiger partial charge in [-0.2, -0.15) is 0 Å². The molecule has 0 aliphatic carbocycles. The van der Waals surface area contributed by atoms with Crippen molar-refractivity contribution in [2.45, 2.75) is 78.3 Å². The van der Waals surface area contributed by atoms with Crippen molar-refractivity contribution in [1.82, 2.24) is 0 Å². The van der Waals surface area contributed by atoms with Crippen LogP contribution in [0, 0.1) is 5.41 Å². The molecular formula is C21H32O4. The fraction of sp³-hybridized carbons (Fsp3) is 0.667. The van der Waals surface area contributed by atoms with E-state index < -0.39 is 11.2 Å². The second-order valence-electron chi connectivity index (χ2n) is 7.79. The molecule has 1 aliphatic heterocycles. The maximum Gasteiger partial charge on any atom is 0.311 e. The Hall–Kier alpha value is -1.39. The minimum Gasteiger partial charge on any atom is -0.465 e. The van der Waals surface area contributed by atoms with Crippen LogP contribution in [0.1, 0.15) is 59.4 Å². The van der Waals surface area contributed by atoms with Crippen LogP contribution in [-0.4, -0.2) is 30.6 Å². The van der Waals surface area contributed by atoms with Crippen LogP contribution in [0.3, 0.4) is 0 Å². The van der Waals surface area contributed by atoms with Gasteiger partial charge in [0.15, 0.2) is 5.79 Å². The van der Waals surface area contributed by atoms with E-state index in [-0.39, 0.29) is 18.2 Å². The molecule has 1 aliphatic rings. The van der Waals surface area contributed by atoms with Gasteiger partial charge in [-0.25, -0.2) is 0 Å². The average Bonchev–Trinajstić information content (AvgIpc) is 2.93. The molecule has 1 saturated heterocycles. The van der Waals surface area contributed by atoms with E-state index in [1.54, 1.807) is 0 Å². The third-order valence-electron chi connectivity index (χ3n) is 4.75. The molecule has 1 aromatic carbocycles. The number of esters is 1. The molecule has 1 heterocycles. The SMILES string of the molecule is CCC1(CC)O[C@@H](CCOC(=O)C(C)(C)C)[C@H](Cc2ccccc2)O1. The van der Waals surface area contributed by atoms with Gasteiger partial charge in [-0.05, 0) is 39.2 Å². The van der Waals surface area contributed by atoms with Gasteiger partial charge < -0.3 is 14.2 Å². The first-order chi connectivity index (χ1) is 11.8. The first-order valence-corrected chi connectivity index (χ1v) is 9.36. The molecule has 0 amide bonds. The summed E-state index contributed by atoms with van der Waals surface area (Å²) in [5, 5.41) is 0. The third-order valence-corrected chi connectivity index (χ3v) is 4.75. The van der Waals surface area contributed by atoms with Gasteiger partial charge in [0.05, 0.1) is 24.2 Å². The average molecular weight is 348 g/mol. The van der Waals surface area contributed by atoms with Gasteiger partial charge in [0.2, 0.25) is 0 Å². The molecule has 0 radical (unpaired) electrons. The maximum atomic E-state index is 12.0. The van der Waals surface area contributed by atoms with Crippen LogP contribution in [0.2, 0.25) is 0 Å². The van der Waals surface area contributed by atoms with E-state index in [1.807, 2.05) is 39.0 Å². The third kappa shape index (κ3) is 5.29. The summed E-state index contributed by atoms with van der Waals surface area (Å²) in [5.74, 6) is -0.693. The molecule has 4 heteroatoms. The minimum atomic E-state index is -0.516. The van der Waals surface area contributed by atoms with Crippen molar-refractivity contribution in [2.24, 2.45) is 5.41 Å². The van der Waals surface area contributed by atoms with E-state index in [0.717, 1.165) is 19.3 Å². The molecular weight excluding hydrogens is 316 g/mol. The Balaban J connectivity index is 2.00. The van der Waals surface area contributed by atoms with Gasteiger partial charge in [-0.1, -0.05) is 44.2 Å². The molecule has 140 valence electrons. The first-order valence-electron chi connectivity index (χ1n) is 9.36. The van der Waals surface area contributed by atoms with Crippen molar-refractivity contribution in [2.75, 3.05) is 6.61 Å². The standard InChI is InChI=1S/C21H32O4/c1-6-21(7-2)24-17(13-14-23-19(22)20(3,4)5)18(25-21)15-16-11-9-8-10-12-16/h8-12,17-18H,6-7,13-15H2,1-5H3/t17-,18-/m0/s1. The summed E-state index contributed by atoms with van der Waals surface area (Å²) in [6.45, 7) is 10.1. The molecule has 0 spiro atoms. The van der Waals surface area contributed by atoms with Crippen molar-refractivity contribution in [3.05, 3.63) is 35.9 Å². The van der Waals surface area contributed by atoms with Crippen LogP contribution in [-0.2, 0) is 25.4 Å². The lowest BCUT2D eigenvalue weighted by Gasteiger charge is -2.25. The molecule has 25 heavy (non-hydrogen) atoms. The Morgan fingerprint density at radius 1 is 1.08 bits per heavy atom. The summed E-state index contributed by atoms with van der Waals surface area (Å²) in [4.78, 5) is 12.0. The van der Waals surface area contributed by atoms with Gasteiger partial charge in [-0.15, -0.1) is 0 Å². The Kier molecular flexibility index (Phi) is 6.64. The second kappa shape index (κ2) is 8.33. The molecule has 0 saturated carbocycles. The Morgan fingerprint density at radius 3 is 2.24 bits per heavy atom. The number of carbonyl (C=O) groups is 1. The lowest BCUT2D eigenvalue weighted by atomic mass is 9.97. The number of rotatable bonds is 7. The van der Waals surface area contributed by atoms with Crippen LogP contribution < -0.4 is 0 Å². The van der Waals surface area contributed by atoms with Crippen molar-refractivity contribution in [1.29, 1.82) is 0 Å². The van der Waals surface area contributed by atoms with Crippen molar-refractivity contribution >= 4 is 5.97 Å². The van der Waals surface area contributed by atoms with E-state index in [1.165, 1.54) is 5.56 Å². The van der Waals surface area contributed by atoms with Crippen molar-refractivity contribution < 1.29 is 19.0 Å². The van der Waals surface area contributed by atoms with Crippen LogP contribution in [0.4, 0.5) is 0 Å². The molecule has 0 aromatic heterocycles. The monoisotopic (exact) mass is 348 g/mol. The fourth-order valence-electron chi connectivity index (χ4n) is 3.06. The van der Waals surface area contributed by atoms with E-state index in [4.69, 9.17) is 14.2 Å². The molecule has 2 atom stereocenters. The van der Waals surface area contributed by atoms with Gasteiger partial charge in [0, 0.05) is 12.8 Å². The van der Waals surface area contributed by atoms with Gasteiger partial charge in [-0.3, -0.25) is 4.79 Å². The fourth-order valence-corrected chi connectivity index (χ4v) is 3.06. The highest BCUT2D eigenvalue weighted by Crippen LogP contribution is 2.37. The molecule has 1 aromatic rings. The second-order valence-corrected chi connectivity index (χ2v) is 7.79. The molecule has 2 rings (SSSR count). The minimum absolute atomic E-state index is 0.0179. The summed E-state index contributed by atoms with van der Waals surface area (Å²) < 4.78 is 18.0. The maximum absolute atomic E-state index is 12.0. The number of ether oxygens (including phenoxy) is 3. The topological polar surface area (TPSA) is 44.8 Å². The Labute approximate surface area is 151 Å². The van der Waals surface area contributed by atoms with Crippen LogP contribution in [0.5, 0.6) is 0 Å². The number of benzene rings is 1. The van der Waals surface area contributed by atoms with Crippen molar-refractivity contribution in [3.8, 4) is 0 Å². The summed E-state index contributed by atoms with van der Waals surface area (Å²) >= 11 is 0. The highest BCUT2D eigenvalue weighted by atomic mass is 16.8. The molecule has 1 fully saturated rings. The van der Waals surface area contributed by atoms with Gasteiger partial charge >= 0.3 is 5.97 Å². The number of hydrogen-bond acceptors (Lipinski definition) is 4. The highest BCUT2D eigenvalue weighted by molar-refractivity contribution is 5.75. The first kappa shape index (κ1) is 19.9. The van der Waals surface area contributed by atoms with Crippen LogP contribution >= 0.6 is 0 Å². The molecule has 4 nitrogen and oxygen atoms in total. The van der Waals surface area contributed by atoms with Gasteiger partial charge in [0.25, 0.3) is 0 Å².